The summed E-state index contributed by atoms with van der Waals surface area (Å²) >= 11 is 0.951. The van der Waals surface area contributed by atoms with Gasteiger partial charge in [0.15, 0.2) is 5.69 Å². The number of anilines is 1. The molecule has 3 N–H and O–H groups in total. The van der Waals surface area contributed by atoms with Crippen molar-refractivity contribution in [3.63, 3.8) is 0 Å². The summed E-state index contributed by atoms with van der Waals surface area (Å²) < 4.78 is 9.37. The van der Waals surface area contributed by atoms with E-state index < -0.39 is 0 Å². The molecule has 1 aromatic heterocycles. The van der Waals surface area contributed by atoms with Crippen LogP contribution in [0.4, 0.5) is 5.69 Å². The second-order valence-corrected chi connectivity index (χ2v) is 6.54. The van der Waals surface area contributed by atoms with Crippen LogP contribution in [0.2, 0.25) is 0 Å². The van der Waals surface area contributed by atoms with Crippen molar-refractivity contribution in [2.75, 3.05) is 25.9 Å². The fourth-order valence-corrected chi connectivity index (χ4v) is 3.50. The van der Waals surface area contributed by atoms with Crippen LogP contribution in [0.15, 0.2) is 24.3 Å². The van der Waals surface area contributed by atoms with Crippen LogP contribution in [-0.4, -0.2) is 41.3 Å². The van der Waals surface area contributed by atoms with Crippen LogP contribution in [0.3, 0.4) is 0 Å². The van der Waals surface area contributed by atoms with Gasteiger partial charge in [-0.2, -0.15) is 4.37 Å². The number of benzene rings is 1. The Labute approximate surface area is 149 Å². The van der Waals surface area contributed by atoms with Crippen molar-refractivity contribution < 1.29 is 14.3 Å². The molecule has 2 aromatic rings. The van der Waals surface area contributed by atoms with E-state index in [2.05, 4.69) is 9.69 Å². The smallest absolute Gasteiger partial charge is 0.275 e. The Morgan fingerprint density at radius 3 is 2.76 bits per heavy atom. The van der Waals surface area contributed by atoms with Gasteiger partial charge < -0.3 is 20.7 Å². The van der Waals surface area contributed by atoms with E-state index in [4.69, 9.17) is 10.5 Å². The molecule has 0 spiro atoms. The fraction of sp³-hybridized carbons (Fsp3) is 0.353. The molecule has 2 heterocycles. The maximum atomic E-state index is 12.4. The standard InChI is InChI=1S/C17H20N4O3S/c1-24-12-7-3-2-6-11(12)10-19-16(22)15-13(18)14(20-25-15)17(23)21-8-4-5-9-21/h2-3,6-7H,4-5,8-10,18H2,1H3,(H,19,22). The minimum atomic E-state index is -0.346. The molecular formula is C17H20N4O3S. The third kappa shape index (κ3) is 3.58. The number of ether oxygens (including phenoxy) is 1. The van der Waals surface area contributed by atoms with Gasteiger partial charge in [-0.15, -0.1) is 0 Å². The van der Waals surface area contributed by atoms with Crippen LogP contribution in [0, 0.1) is 0 Å². The molecule has 1 aromatic carbocycles. The molecule has 0 unspecified atom stereocenters. The zero-order valence-corrected chi connectivity index (χ0v) is 14.8. The van der Waals surface area contributed by atoms with Crippen molar-refractivity contribution in [1.29, 1.82) is 0 Å². The summed E-state index contributed by atoms with van der Waals surface area (Å²) in [7, 11) is 1.58. The first kappa shape index (κ1) is 17.2. The molecule has 0 aliphatic carbocycles. The molecular weight excluding hydrogens is 340 g/mol. The topological polar surface area (TPSA) is 97.5 Å². The molecule has 25 heavy (non-hydrogen) atoms. The van der Waals surface area contributed by atoms with E-state index in [1.165, 1.54) is 0 Å². The lowest BCUT2D eigenvalue weighted by Gasteiger charge is -2.13. The number of nitrogen functional groups attached to an aromatic ring is 1. The summed E-state index contributed by atoms with van der Waals surface area (Å²) in [4.78, 5) is 26.8. The van der Waals surface area contributed by atoms with E-state index in [1.54, 1.807) is 12.0 Å². The average Bonchev–Trinajstić information content (AvgIpc) is 3.29. The van der Waals surface area contributed by atoms with Crippen LogP contribution < -0.4 is 15.8 Å². The van der Waals surface area contributed by atoms with Gasteiger partial charge in [-0.25, -0.2) is 0 Å². The Bertz CT molecular complexity index is 784. The van der Waals surface area contributed by atoms with Crippen LogP contribution in [0.5, 0.6) is 5.75 Å². The molecule has 8 heteroatoms. The van der Waals surface area contributed by atoms with Gasteiger partial charge in [0, 0.05) is 25.2 Å². The number of methoxy groups -OCH3 is 1. The molecule has 3 rings (SSSR count). The Kier molecular flexibility index (Phi) is 5.18. The van der Waals surface area contributed by atoms with Gasteiger partial charge in [0.2, 0.25) is 0 Å². The number of hydrogen-bond donors (Lipinski definition) is 2. The Morgan fingerprint density at radius 1 is 1.32 bits per heavy atom. The Balaban J connectivity index is 1.69. The largest absolute Gasteiger partial charge is 0.496 e. The minimum Gasteiger partial charge on any atom is -0.496 e. The molecule has 0 atom stereocenters. The molecule has 1 aliphatic heterocycles. The second-order valence-electron chi connectivity index (χ2n) is 5.77. The van der Waals surface area contributed by atoms with Crippen LogP contribution in [-0.2, 0) is 6.54 Å². The molecule has 2 amide bonds. The number of rotatable bonds is 5. The summed E-state index contributed by atoms with van der Waals surface area (Å²) in [6.07, 6.45) is 1.98. The minimum absolute atomic E-state index is 0.152. The summed E-state index contributed by atoms with van der Waals surface area (Å²) in [5, 5.41) is 2.80. The lowest BCUT2D eigenvalue weighted by molar-refractivity contribution is 0.0789. The van der Waals surface area contributed by atoms with Crippen LogP contribution >= 0.6 is 11.5 Å². The van der Waals surface area contributed by atoms with Gasteiger partial charge >= 0.3 is 0 Å². The van der Waals surface area contributed by atoms with E-state index >= 15 is 0 Å². The van der Waals surface area contributed by atoms with Crippen molar-refractivity contribution >= 4 is 29.0 Å². The zero-order chi connectivity index (χ0) is 17.8. The number of nitrogens with one attached hydrogen (secondary N) is 1. The quantitative estimate of drug-likeness (QED) is 0.849. The number of carbonyl (C=O) groups excluding carboxylic acids is 2. The first-order valence-electron chi connectivity index (χ1n) is 8.06. The first-order valence-corrected chi connectivity index (χ1v) is 8.83. The van der Waals surface area contributed by atoms with Crippen molar-refractivity contribution in [3.05, 3.63) is 40.4 Å². The highest BCUT2D eigenvalue weighted by atomic mass is 32.1. The maximum Gasteiger partial charge on any atom is 0.275 e. The highest BCUT2D eigenvalue weighted by molar-refractivity contribution is 7.09. The molecule has 1 saturated heterocycles. The monoisotopic (exact) mass is 360 g/mol. The fourth-order valence-electron chi connectivity index (χ4n) is 2.79. The summed E-state index contributed by atoms with van der Waals surface area (Å²) in [6, 6.07) is 7.44. The summed E-state index contributed by atoms with van der Waals surface area (Å²) in [5.74, 6) is 0.154. The van der Waals surface area contributed by atoms with E-state index in [0.717, 1.165) is 29.9 Å². The number of hydrogen-bond acceptors (Lipinski definition) is 6. The molecule has 0 saturated carbocycles. The molecule has 132 valence electrons. The number of carbonyl (C=O) groups is 2. The van der Waals surface area contributed by atoms with Crippen LogP contribution in [0.1, 0.15) is 38.6 Å². The van der Waals surface area contributed by atoms with Gasteiger partial charge in [0.25, 0.3) is 11.8 Å². The predicted octanol–water partition coefficient (Wildman–Crippen LogP) is 1.90. The average molecular weight is 360 g/mol. The number of nitrogens with two attached hydrogens (primary N) is 1. The van der Waals surface area contributed by atoms with Crippen molar-refractivity contribution in [2.24, 2.45) is 0 Å². The number of aromatic nitrogens is 1. The van der Waals surface area contributed by atoms with Gasteiger partial charge in [0.05, 0.1) is 12.8 Å². The summed E-state index contributed by atoms with van der Waals surface area (Å²) in [5.41, 5.74) is 7.20. The van der Waals surface area contributed by atoms with Crippen LogP contribution in [0.25, 0.3) is 0 Å². The van der Waals surface area contributed by atoms with Gasteiger partial charge in [-0.05, 0) is 30.4 Å². The Hall–Kier alpha value is -2.61. The van der Waals surface area contributed by atoms with Gasteiger partial charge in [0.1, 0.15) is 10.6 Å². The normalized spacial score (nSPS) is 13.7. The summed E-state index contributed by atoms with van der Waals surface area (Å²) in [6.45, 7) is 1.73. The van der Waals surface area contributed by atoms with Crippen molar-refractivity contribution in [3.8, 4) is 5.75 Å². The van der Waals surface area contributed by atoms with E-state index in [1.807, 2.05) is 24.3 Å². The highest BCUT2D eigenvalue weighted by Gasteiger charge is 2.27. The second kappa shape index (κ2) is 7.52. The lowest BCUT2D eigenvalue weighted by atomic mass is 10.2. The molecule has 7 nitrogen and oxygen atoms in total. The highest BCUT2D eigenvalue weighted by Crippen LogP contribution is 2.25. The maximum absolute atomic E-state index is 12.4. The SMILES string of the molecule is COc1ccccc1CNC(=O)c1snc(C(=O)N2CCCC2)c1N. The molecule has 1 aliphatic rings. The number of nitrogens with zero attached hydrogens (tertiary/aromatic N) is 2. The van der Waals surface area contributed by atoms with E-state index in [0.29, 0.717) is 25.4 Å². The lowest BCUT2D eigenvalue weighted by Crippen LogP contribution is -2.29. The van der Waals surface area contributed by atoms with Gasteiger partial charge in [-0.1, -0.05) is 18.2 Å². The third-order valence-electron chi connectivity index (χ3n) is 4.16. The van der Waals surface area contributed by atoms with E-state index in [9.17, 15) is 9.59 Å². The first-order chi connectivity index (χ1) is 12.1. The number of likely N-dealkylation sites (tertiary alicyclic amines) is 1. The molecule has 0 bridgehead atoms. The van der Waals surface area contributed by atoms with Crippen molar-refractivity contribution in [1.82, 2.24) is 14.6 Å². The number of amides is 2. The van der Waals surface area contributed by atoms with Crippen molar-refractivity contribution in [2.45, 2.75) is 19.4 Å². The predicted molar refractivity (Wildman–Crippen MR) is 95.8 cm³/mol. The van der Waals surface area contributed by atoms with Gasteiger partial charge in [-0.3, -0.25) is 9.59 Å². The molecule has 0 radical (unpaired) electrons. The Morgan fingerprint density at radius 2 is 2.04 bits per heavy atom. The molecule has 1 fully saturated rings. The third-order valence-corrected chi connectivity index (χ3v) is 5.02. The van der Waals surface area contributed by atoms with E-state index in [-0.39, 0.29) is 28.1 Å². The zero-order valence-electron chi connectivity index (χ0n) is 13.9. The number of para-hydroxylation sites is 1.